The van der Waals surface area contributed by atoms with Crippen LogP contribution in [-0.2, 0) is 4.79 Å². The van der Waals surface area contributed by atoms with E-state index < -0.39 is 11.8 Å². The van der Waals surface area contributed by atoms with Crippen LogP contribution in [0.25, 0.3) is 16.7 Å². The molecule has 2 amide bonds. The minimum atomic E-state index is -0.465. The Kier molecular flexibility index (Phi) is 5.71. The highest BCUT2D eigenvalue weighted by Gasteiger charge is 2.15. The van der Waals surface area contributed by atoms with Crippen molar-refractivity contribution in [3.63, 3.8) is 0 Å². The van der Waals surface area contributed by atoms with Gasteiger partial charge in [0, 0.05) is 5.56 Å². The molecule has 0 unspecified atom stereocenters. The minimum Gasteiger partial charge on any atom is -0.497 e. The molecule has 0 spiro atoms. The van der Waals surface area contributed by atoms with Crippen LogP contribution in [0, 0.1) is 0 Å². The number of hydrogen-bond acceptors (Lipinski definition) is 7. The molecular formula is C21H17N5O3S. The van der Waals surface area contributed by atoms with Gasteiger partial charge in [-0.2, -0.15) is 5.10 Å². The highest BCUT2D eigenvalue weighted by molar-refractivity contribution is 8.00. The maximum atomic E-state index is 12.2. The first kappa shape index (κ1) is 19.6. The van der Waals surface area contributed by atoms with Crippen LogP contribution in [0.15, 0.2) is 72.1 Å². The zero-order chi connectivity index (χ0) is 20.9. The fourth-order valence-corrected chi connectivity index (χ4v) is 3.57. The number of amides is 2. The van der Waals surface area contributed by atoms with E-state index in [9.17, 15) is 9.59 Å². The molecule has 0 bridgehead atoms. The van der Waals surface area contributed by atoms with Crippen LogP contribution in [-0.4, -0.2) is 44.4 Å². The lowest BCUT2D eigenvalue weighted by atomic mass is 10.2. The summed E-state index contributed by atoms with van der Waals surface area (Å²) >= 11 is 1.22. The second kappa shape index (κ2) is 8.75. The number of fused-ring (bicyclic) bond motifs is 1. The molecule has 9 heteroatoms. The summed E-state index contributed by atoms with van der Waals surface area (Å²) in [5.74, 6) is -0.210. The second-order valence-electron chi connectivity index (χ2n) is 6.20. The minimum absolute atomic E-state index is 0.0323. The Labute approximate surface area is 176 Å². The Morgan fingerprint density at radius 2 is 1.83 bits per heavy atom. The average Bonchev–Trinajstić information content (AvgIpc) is 3.23. The van der Waals surface area contributed by atoms with Crippen molar-refractivity contribution in [1.82, 2.24) is 25.1 Å². The first-order valence-corrected chi connectivity index (χ1v) is 9.99. The number of imide groups is 1. The third kappa shape index (κ3) is 4.15. The number of methoxy groups -OCH3 is 1. The van der Waals surface area contributed by atoms with E-state index in [4.69, 9.17) is 4.74 Å². The number of benzene rings is 2. The van der Waals surface area contributed by atoms with E-state index in [1.54, 1.807) is 42.3 Å². The third-order valence-corrected chi connectivity index (χ3v) is 5.28. The zero-order valence-corrected chi connectivity index (χ0v) is 16.8. The Hall–Kier alpha value is -3.72. The molecule has 0 aliphatic heterocycles. The number of para-hydroxylation sites is 1. The molecule has 0 aliphatic carbocycles. The van der Waals surface area contributed by atoms with Crippen molar-refractivity contribution in [2.24, 2.45) is 0 Å². The van der Waals surface area contributed by atoms with Gasteiger partial charge < -0.3 is 4.74 Å². The standard InChI is InChI=1S/C21H17N5O3S/c1-29-16-9-7-14(8-10-16)20(28)25-18(27)12-30-21-17-11-24-26(19(17)22-13-23-21)15-5-3-2-4-6-15/h2-11,13H,12H2,1H3,(H,25,27,28). The van der Waals surface area contributed by atoms with Gasteiger partial charge in [0.25, 0.3) is 5.91 Å². The average molecular weight is 419 g/mol. The molecule has 150 valence electrons. The van der Waals surface area contributed by atoms with Crippen LogP contribution in [0.5, 0.6) is 5.75 Å². The molecule has 1 N–H and O–H groups in total. The van der Waals surface area contributed by atoms with Gasteiger partial charge in [0.2, 0.25) is 5.91 Å². The molecule has 8 nitrogen and oxygen atoms in total. The number of carbonyl (C=O) groups excluding carboxylic acids is 2. The van der Waals surface area contributed by atoms with Crippen molar-refractivity contribution in [2.45, 2.75) is 5.03 Å². The van der Waals surface area contributed by atoms with Crippen molar-refractivity contribution in [3.8, 4) is 11.4 Å². The Bertz CT molecular complexity index is 1190. The predicted octanol–water partition coefficient (Wildman–Crippen LogP) is 2.87. The monoisotopic (exact) mass is 419 g/mol. The highest BCUT2D eigenvalue weighted by atomic mass is 32.2. The molecule has 2 heterocycles. The van der Waals surface area contributed by atoms with Crippen molar-refractivity contribution in [3.05, 3.63) is 72.7 Å². The van der Waals surface area contributed by atoms with Gasteiger partial charge in [-0.25, -0.2) is 14.6 Å². The third-order valence-electron chi connectivity index (χ3n) is 4.28. The van der Waals surface area contributed by atoms with Crippen molar-refractivity contribution >= 4 is 34.6 Å². The van der Waals surface area contributed by atoms with Gasteiger partial charge in [-0.05, 0) is 36.4 Å². The molecule has 2 aromatic heterocycles. The summed E-state index contributed by atoms with van der Waals surface area (Å²) in [7, 11) is 1.55. The van der Waals surface area contributed by atoms with Crippen LogP contribution < -0.4 is 10.1 Å². The van der Waals surface area contributed by atoms with E-state index in [2.05, 4.69) is 20.4 Å². The van der Waals surface area contributed by atoms with E-state index in [-0.39, 0.29) is 5.75 Å². The van der Waals surface area contributed by atoms with Gasteiger partial charge in [0.1, 0.15) is 17.1 Å². The Morgan fingerprint density at radius 1 is 1.07 bits per heavy atom. The first-order valence-electron chi connectivity index (χ1n) is 9.01. The van der Waals surface area contributed by atoms with Gasteiger partial charge in [-0.1, -0.05) is 30.0 Å². The fourth-order valence-electron chi connectivity index (χ4n) is 2.81. The molecule has 0 aliphatic rings. The summed E-state index contributed by atoms with van der Waals surface area (Å²) in [6, 6.07) is 16.2. The van der Waals surface area contributed by atoms with Gasteiger partial charge in [0.05, 0.1) is 30.1 Å². The molecule has 0 saturated carbocycles. The van der Waals surface area contributed by atoms with Crippen LogP contribution >= 0.6 is 11.8 Å². The van der Waals surface area contributed by atoms with Crippen molar-refractivity contribution < 1.29 is 14.3 Å². The molecule has 30 heavy (non-hydrogen) atoms. The lowest BCUT2D eigenvalue weighted by Crippen LogP contribution is -2.31. The molecule has 0 atom stereocenters. The fraction of sp³-hybridized carbons (Fsp3) is 0.0952. The topological polar surface area (TPSA) is 99.0 Å². The summed E-state index contributed by atoms with van der Waals surface area (Å²) in [5, 5.41) is 8.13. The predicted molar refractivity (Wildman–Crippen MR) is 113 cm³/mol. The molecule has 0 radical (unpaired) electrons. The Balaban J connectivity index is 1.44. The number of nitrogens with zero attached hydrogens (tertiary/aromatic N) is 4. The number of thioether (sulfide) groups is 1. The van der Waals surface area contributed by atoms with Crippen molar-refractivity contribution in [1.29, 1.82) is 0 Å². The molecular weight excluding hydrogens is 402 g/mol. The number of ether oxygens (including phenoxy) is 1. The van der Waals surface area contributed by atoms with E-state index in [1.165, 1.54) is 18.1 Å². The van der Waals surface area contributed by atoms with Crippen molar-refractivity contribution in [2.75, 3.05) is 12.9 Å². The van der Waals surface area contributed by atoms with Gasteiger partial charge >= 0.3 is 0 Å². The number of aromatic nitrogens is 4. The zero-order valence-electron chi connectivity index (χ0n) is 16.0. The largest absolute Gasteiger partial charge is 0.497 e. The van der Waals surface area contributed by atoms with Crippen LogP contribution in [0.1, 0.15) is 10.4 Å². The number of rotatable bonds is 6. The molecule has 0 fully saturated rings. The Morgan fingerprint density at radius 3 is 2.57 bits per heavy atom. The summed E-state index contributed by atoms with van der Waals surface area (Å²) in [5.41, 5.74) is 1.90. The lowest BCUT2D eigenvalue weighted by Gasteiger charge is -2.06. The summed E-state index contributed by atoms with van der Waals surface area (Å²) in [6.45, 7) is 0. The number of carbonyl (C=O) groups is 2. The molecule has 2 aromatic carbocycles. The molecule has 4 aromatic rings. The smallest absolute Gasteiger partial charge is 0.257 e. The summed E-state index contributed by atoms with van der Waals surface area (Å²) in [6.07, 6.45) is 3.11. The maximum absolute atomic E-state index is 12.2. The molecule has 4 rings (SSSR count). The first-order chi connectivity index (χ1) is 14.7. The van der Waals surface area contributed by atoms with E-state index in [0.29, 0.717) is 22.0 Å². The molecule has 0 saturated heterocycles. The van der Waals surface area contributed by atoms with Crippen LogP contribution in [0.2, 0.25) is 0 Å². The van der Waals surface area contributed by atoms with Crippen LogP contribution in [0.4, 0.5) is 0 Å². The second-order valence-corrected chi connectivity index (χ2v) is 7.17. The van der Waals surface area contributed by atoms with Gasteiger partial charge in [0.15, 0.2) is 5.65 Å². The quantitative estimate of drug-likeness (QED) is 0.379. The van der Waals surface area contributed by atoms with E-state index in [1.807, 2.05) is 30.3 Å². The van der Waals surface area contributed by atoms with E-state index in [0.717, 1.165) is 11.1 Å². The normalized spacial score (nSPS) is 10.7. The number of hydrogen-bond donors (Lipinski definition) is 1. The summed E-state index contributed by atoms with van der Waals surface area (Å²) in [4.78, 5) is 33.0. The number of nitrogens with one attached hydrogen (secondary N) is 1. The lowest BCUT2D eigenvalue weighted by molar-refractivity contribution is -0.117. The highest BCUT2D eigenvalue weighted by Crippen LogP contribution is 2.25. The maximum Gasteiger partial charge on any atom is 0.257 e. The van der Waals surface area contributed by atoms with Gasteiger partial charge in [-0.15, -0.1) is 0 Å². The van der Waals surface area contributed by atoms with Gasteiger partial charge in [-0.3, -0.25) is 14.9 Å². The summed E-state index contributed by atoms with van der Waals surface area (Å²) < 4.78 is 6.78. The van der Waals surface area contributed by atoms with Crippen LogP contribution in [0.3, 0.4) is 0 Å². The van der Waals surface area contributed by atoms with E-state index >= 15 is 0 Å². The SMILES string of the molecule is COc1ccc(C(=O)NC(=O)CSc2ncnc3c2cnn3-c2ccccc2)cc1.